The maximum atomic E-state index is 14.8. The number of pyridine rings is 3. The van der Waals surface area contributed by atoms with Crippen LogP contribution in [0.1, 0.15) is 44.8 Å². The van der Waals surface area contributed by atoms with Crippen molar-refractivity contribution in [2.75, 3.05) is 37.8 Å². The molecule has 2 unspecified atom stereocenters. The number of methoxy groups -OCH3 is 1. The van der Waals surface area contributed by atoms with Gasteiger partial charge in [-0.15, -0.1) is 11.8 Å². The van der Waals surface area contributed by atoms with Gasteiger partial charge in [-0.3, -0.25) is 9.78 Å². The Balaban J connectivity index is 0.00000294. The third-order valence-corrected chi connectivity index (χ3v) is 9.42. The van der Waals surface area contributed by atoms with Gasteiger partial charge in [0.2, 0.25) is 11.8 Å². The van der Waals surface area contributed by atoms with Crippen molar-refractivity contribution in [2.24, 2.45) is 11.3 Å². The Morgan fingerprint density at radius 1 is 1.27 bits per heavy atom. The summed E-state index contributed by atoms with van der Waals surface area (Å²) in [6.07, 6.45) is 8.95. The van der Waals surface area contributed by atoms with Crippen molar-refractivity contribution < 1.29 is 15.3 Å². The number of thioether (sulfide) groups is 1. The molecule has 1 aliphatic carbocycles. The molecule has 0 bridgehead atoms. The summed E-state index contributed by atoms with van der Waals surface area (Å²) in [6.45, 7) is 2.97. The number of likely N-dealkylation sites (tertiary alicyclic amines) is 1. The molecular formula is C28H34FN5O2S. The molecule has 3 aliphatic rings. The summed E-state index contributed by atoms with van der Waals surface area (Å²) in [4.78, 5) is 28.7. The van der Waals surface area contributed by atoms with E-state index in [-0.39, 0.29) is 13.2 Å². The van der Waals surface area contributed by atoms with Crippen molar-refractivity contribution in [1.29, 1.82) is 0 Å². The fraction of sp³-hybridized carbons (Fsp3) is 0.500. The van der Waals surface area contributed by atoms with Gasteiger partial charge in [0, 0.05) is 38.4 Å². The first-order chi connectivity index (χ1) is 18.0. The molecule has 9 heteroatoms. The Morgan fingerprint density at radius 3 is 3.08 bits per heavy atom. The number of hydrogen-bond acceptors (Lipinski definition) is 7. The first-order valence-corrected chi connectivity index (χ1v) is 14.1. The lowest BCUT2D eigenvalue weighted by atomic mass is 9.76. The molecule has 2 aliphatic heterocycles. The van der Waals surface area contributed by atoms with Crippen LogP contribution in [0, 0.1) is 17.2 Å². The average molecular weight is 524 g/mol. The number of anilines is 1. The van der Waals surface area contributed by atoms with E-state index in [2.05, 4.69) is 32.3 Å². The molecule has 1 saturated heterocycles. The van der Waals surface area contributed by atoms with Crippen molar-refractivity contribution in [3.05, 3.63) is 47.5 Å². The monoisotopic (exact) mass is 523 g/mol. The van der Waals surface area contributed by atoms with Crippen molar-refractivity contribution in [1.82, 2.24) is 19.9 Å². The van der Waals surface area contributed by atoms with E-state index >= 15 is 0 Å². The molecule has 1 amide bonds. The van der Waals surface area contributed by atoms with Crippen LogP contribution in [-0.2, 0) is 17.6 Å². The molecule has 1 N–H and O–H groups in total. The van der Waals surface area contributed by atoms with E-state index in [9.17, 15) is 9.18 Å². The Kier molecular flexibility index (Phi) is 6.75. The minimum absolute atomic E-state index is 0. The average Bonchev–Trinajstić information content (AvgIpc) is 3.44. The topological polar surface area (TPSA) is 80.2 Å². The fourth-order valence-electron chi connectivity index (χ4n) is 6.57. The van der Waals surface area contributed by atoms with Gasteiger partial charge in [-0.2, -0.15) is 0 Å². The number of aryl methyl sites for hydroxylation is 1. The first kappa shape index (κ1) is 24.6. The zero-order chi connectivity index (χ0) is 25.4. The van der Waals surface area contributed by atoms with Crippen LogP contribution in [0.25, 0.3) is 11.0 Å². The Morgan fingerprint density at radius 2 is 2.19 bits per heavy atom. The highest BCUT2D eigenvalue weighted by molar-refractivity contribution is 8.00. The number of amides is 1. The van der Waals surface area contributed by atoms with Crippen LogP contribution >= 0.6 is 11.8 Å². The summed E-state index contributed by atoms with van der Waals surface area (Å²) >= 11 is 1.55. The highest BCUT2D eigenvalue weighted by atomic mass is 32.2. The number of hydrogen-bond donors (Lipinski definition) is 1. The zero-order valence-electron chi connectivity index (χ0n) is 21.1. The van der Waals surface area contributed by atoms with E-state index in [0.29, 0.717) is 51.8 Å². The molecule has 6 rings (SSSR count). The molecule has 37 heavy (non-hydrogen) atoms. The number of halogens is 1. The third kappa shape index (κ3) is 4.91. The van der Waals surface area contributed by atoms with Crippen LogP contribution in [0.15, 0.2) is 35.4 Å². The summed E-state index contributed by atoms with van der Waals surface area (Å²) in [7, 11) is 1.57. The maximum Gasteiger partial charge on any atom is 0.235 e. The molecule has 5 heterocycles. The molecule has 3 aromatic heterocycles. The molecule has 0 aromatic carbocycles. The minimum atomic E-state index is -0.297. The zero-order valence-corrected chi connectivity index (χ0v) is 22.0. The number of fused-ring (bicyclic) bond motifs is 3. The number of nitrogens with zero attached hydrogens (tertiary/aromatic N) is 4. The summed E-state index contributed by atoms with van der Waals surface area (Å²) < 4.78 is 20.1. The van der Waals surface area contributed by atoms with E-state index in [1.807, 2.05) is 6.07 Å². The third-order valence-electron chi connectivity index (χ3n) is 8.38. The highest BCUT2D eigenvalue weighted by Crippen LogP contribution is 2.51. The summed E-state index contributed by atoms with van der Waals surface area (Å²) in [5.41, 5.74) is 3.31. The quantitative estimate of drug-likeness (QED) is 0.438. The van der Waals surface area contributed by atoms with Gasteiger partial charge in [-0.05, 0) is 68.1 Å². The summed E-state index contributed by atoms with van der Waals surface area (Å²) in [5.74, 6) is 2.08. The molecular weight excluding hydrogens is 489 g/mol. The van der Waals surface area contributed by atoms with Gasteiger partial charge in [-0.1, -0.05) is 6.42 Å². The largest absolute Gasteiger partial charge is 0.481 e. The summed E-state index contributed by atoms with van der Waals surface area (Å²) in [5, 5.41) is 2.90. The van der Waals surface area contributed by atoms with Gasteiger partial charge < -0.3 is 15.0 Å². The molecule has 3 aromatic rings. The van der Waals surface area contributed by atoms with Gasteiger partial charge >= 0.3 is 0 Å². The van der Waals surface area contributed by atoms with Crippen LogP contribution < -0.4 is 10.1 Å². The number of rotatable bonds is 8. The lowest BCUT2D eigenvalue weighted by Gasteiger charge is -2.29. The first-order valence-electron chi connectivity index (χ1n) is 13.2. The molecule has 2 atom stereocenters. The van der Waals surface area contributed by atoms with E-state index in [1.54, 1.807) is 24.9 Å². The number of ether oxygens (including phenoxy) is 1. The van der Waals surface area contributed by atoms with Crippen LogP contribution in [-0.4, -0.2) is 58.3 Å². The summed E-state index contributed by atoms with van der Waals surface area (Å²) in [6, 6.07) is 7.79. The lowest BCUT2D eigenvalue weighted by molar-refractivity contribution is -0.113. The Hall–Kier alpha value is -2.78. The van der Waals surface area contributed by atoms with Crippen molar-refractivity contribution >= 4 is 34.5 Å². The normalized spacial score (nSPS) is 23.2. The predicted octanol–water partition coefficient (Wildman–Crippen LogP) is 5.13. The van der Waals surface area contributed by atoms with E-state index < -0.39 is 0 Å². The minimum Gasteiger partial charge on any atom is -0.481 e. The number of carbonyl (C=O) groups is 1. The smallest absolute Gasteiger partial charge is 0.235 e. The number of nitrogens with one attached hydrogen (secondary N) is 1. The molecule has 2 fully saturated rings. The van der Waals surface area contributed by atoms with Gasteiger partial charge in [0.05, 0.1) is 35.0 Å². The molecule has 196 valence electrons. The van der Waals surface area contributed by atoms with Crippen LogP contribution in [0.4, 0.5) is 10.2 Å². The van der Waals surface area contributed by atoms with Crippen LogP contribution in [0.5, 0.6) is 5.88 Å². The van der Waals surface area contributed by atoms with Gasteiger partial charge in [0.1, 0.15) is 11.6 Å². The SMILES string of the molecule is COc1ccc2ncc(F)c(CCN3CC4CCCC4(CCCc4ccc5c(n4)NC(=O)CS5)C3)c2n1.[HH]. The van der Waals surface area contributed by atoms with Crippen molar-refractivity contribution in [2.45, 2.75) is 49.8 Å². The van der Waals surface area contributed by atoms with E-state index in [4.69, 9.17) is 9.72 Å². The standard InChI is InChI=1S/C28H32FN5O2S.H2/c1-36-25-9-7-22-26(33-25)20(21(29)14-30-22)10-13-34-15-18-4-2-11-28(18,17-34)12-3-5-19-6-8-23-27(31-19)32-24(35)16-37-23;/h6-9,14,18H,2-5,10-13,15-17H2,1H3,(H,31,32,35);1H. The molecule has 7 nitrogen and oxygen atoms in total. The van der Waals surface area contributed by atoms with Crippen molar-refractivity contribution in [3.8, 4) is 5.88 Å². The number of aromatic nitrogens is 3. The maximum absolute atomic E-state index is 14.8. The van der Waals surface area contributed by atoms with Crippen LogP contribution in [0.3, 0.4) is 0 Å². The molecule has 1 saturated carbocycles. The second-order valence-electron chi connectivity index (χ2n) is 10.6. The van der Waals surface area contributed by atoms with Crippen LogP contribution in [0.2, 0.25) is 0 Å². The number of carbonyl (C=O) groups excluding carboxylic acids is 1. The van der Waals surface area contributed by atoms with Gasteiger partial charge in [0.15, 0.2) is 0 Å². The highest BCUT2D eigenvalue weighted by Gasteiger charge is 2.48. The van der Waals surface area contributed by atoms with E-state index in [1.165, 1.54) is 31.9 Å². The fourth-order valence-corrected chi connectivity index (χ4v) is 7.32. The van der Waals surface area contributed by atoms with Crippen molar-refractivity contribution in [3.63, 3.8) is 0 Å². The Labute approximate surface area is 222 Å². The van der Waals surface area contributed by atoms with E-state index in [0.717, 1.165) is 43.1 Å². The van der Waals surface area contributed by atoms with Gasteiger partial charge in [-0.25, -0.2) is 14.4 Å². The molecule has 0 spiro atoms. The predicted molar refractivity (Wildman–Crippen MR) is 145 cm³/mol. The second-order valence-corrected chi connectivity index (χ2v) is 11.6. The Bertz CT molecular complexity index is 1340. The van der Waals surface area contributed by atoms with Gasteiger partial charge in [0.25, 0.3) is 0 Å². The second kappa shape index (κ2) is 10.2. The molecule has 0 radical (unpaired) electrons. The lowest BCUT2D eigenvalue weighted by Crippen LogP contribution is -2.29.